The first-order chi connectivity index (χ1) is 27.4. The quantitative estimate of drug-likeness (QED) is 0.177. The molecule has 4 aliphatic heterocycles. The molecule has 3 aromatic carbocycles. The third kappa shape index (κ3) is 6.22. The summed E-state index contributed by atoms with van der Waals surface area (Å²) in [5.41, 5.74) is 1.06. The number of aromatic nitrogens is 5. The van der Waals surface area contributed by atoms with Crippen LogP contribution in [-0.2, 0) is 23.2 Å². The minimum atomic E-state index is -1.19. The Morgan fingerprint density at radius 3 is 2.49 bits per heavy atom. The van der Waals surface area contributed by atoms with E-state index in [9.17, 15) is 28.4 Å². The van der Waals surface area contributed by atoms with E-state index in [2.05, 4.69) is 47.7 Å². The Balaban J connectivity index is 0.912. The van der Waals surface area contributed by atoms with Gasteiger partial charge >= 0.3 is 0 Å². The lowest BCUT2D eigenvalue weighted by Crippen LogP contribution is -2.54. The van der Waals surface area contributed by atoms with Crippen molar-refractivity contribution in [1.29, 1.82) is 0 Å². The van der Waals surface area contributed by atoms with Gasteiger partial charge in [0.15, 0.2) is 0 Å². The molecule has 2 fully saturated rings. The van der Waals surface area contributed by atoms with Crippen LogP contribution in [0, 0.1) is 35.2 Å². The number of rotatable bonds is 5. The van der Waals surface area contributed by atoms with Gasteiger partial charge in [-0.25, -0.2) is 23.3 Å². The van der Waals surface area contributed by atoms with E-state index in [0.717, 1.165) is 11.0 Å². The Bertz CT molecular complexity index is 2690. The van der Waals surface area contributed by atoms with Gasteiger partial charge in [-0.2, -0.15) is 10.2 Å². The highest BCUT2D eigenvalue weighted by Crippen LogP contribution is 2.46. The predicted octanol–water partition coefficient (Wildman–Crippen LogP) is 3.43. The Labute approximate surface area is 321 Å². The summed E-state index contributed by atoms with van der Waals surface area (Å²) in [6.07, 6.45) is 2.60. The molecule has 288 valence electrons. The number of amides is 4. The monoisotopic (exact) mass is 775 g/mol. The van der Waals surface area contributed by atoms with E-state index in [0.29, 0.717) is 66.2 Å². The highest BCUT2D eigenvalue weighted by Gasteiger charge is 2.46. The van der Waals surface area contributed by atoms with Crippen LogP contribution in [-0.4, -0.2) is 77.5 Å². The number of carbonyl (C=O) groups is 4. The molecule has 3 atom stereocenters. The number of hydrogen-bond donors (Lipinski definition) is 3. The summed E-state index contributed by atoms with van der Waals surface area (Å²) < 4.78 is 47.0. The average Bonchev–Trinajstić information content (AvgIpc) is 3.71. The molecule has 14 nitrogen and oxygen atoms in total. The molecule has 57 heavy (non-hydrogen) atoms. The molecule has 0 aliphatic carbocycles. The molecule has 0 radical (unpaired) electrons. The first-order valence-corrected chi connectivity index (χ1v) is 18.3. The number of nitrogens with one attached hydrogen (secondary N) is 3. The number of anilines is 1. The number of nitrogens with zero attached hydrogens (tertiary/aromatic N) is 6. The van der Waals surface area contributed by atoms with E-state index >= 15 is 8.78 Å². The molecular formula is C40H32F3N9O5. The molecule has 3 N–H and O–H groups in total. The lowest BCUT2D eigenvalue weighted by molar-refractivity contribution is -0.136. The van der Waals surface area contributed by atoms with Crippen molar-refractivity contribution < 1.29 is 32.3 Å². The van der Waals surface area contributed by atoms with Crippen molar-refractivity contribution in [2.24, 2.45) is 13.0 Å². The summed E-state index contributed by atoms with van der Waals surface area (Å²) in [5, 5.41) is 17.2. The number of benzene rings is 3. The molecule has 9 rings (SSSR count). The van der Waals surface area contributed by atoms with E-state index < -0.39 is 64.6 Å². The Kier molecular flexibility index (Phi) is 8.72. The third-order valence-corrected chi connectivity index (χ3v) is 11.2. The summed E-state index contributed by atoms with van der Waals surface area (Å²) in [6, 6.07) is 7.93. The molecule has 1 unspecified atom stereocenters. The van der Waals surface area contributed by atoms with E-state index in [1.54, 1.807) is 23.9 Å². The number of likely N-dealkylation sites (tertiary alicyclic amines) is 1. The fourth-order valence-electron chi connectivity index (χ4n) is 8.37. The van der Waals surface area contributed by atoms with Gasteiger partial charge in [0.2, 0.25) is 11.8 Å². The summed E-state index contributed by atoms with van der Waals surface area (Å²) in [5.74, 6) is 1.16. The second-order valence-corrected chi connectivity index (χ2v) is 14.7. The number of piperidine rings is 2. The summed E-state index contributed by atoms with van der Waals surface area (Å²) in [6.45, 7) is 1.46. The fraction of sp³-hybridized carbons (Fsp3) is 0.300. The lowest BCUT2D eigenvalue weighted by atomic mass is 9.83. The van der Waals surface area contributed by atoms with Gasteiger partial charge in [0.05, 0.1) is 39.7 Å². The number of aryl methyl sites for hydroxylation is 1. The maximum atomic E-state index is 15.3. The van der Waals surface area contributed by atoms with Gasteiger partial charge in [0.1, 0.15) is 35.6 Å². The van der Waals surface area contributed by atoms with Crippen LogP contribution >= 0.6 is 0 Å². The lowest BCUT2D eigenvalue weighted by Gasteiger charge is -2.33. The van der Waals surface area contributed by atoms with Crippen LogP contribution in [0.2, 0.25) is 0 Å². The molecule has 0 bridgehead atoms. The highest BCUT2D eigenvalue weighted by molar-refractivity contribution is 6.23. The molecule has 2 saturated heterocycles. The van der Waals surface area contributed by atoms with Crippen molar-refractivity contribution in [2.75, 3.05) is 18.4 Å². The van der Waals surface area contributed by atoms with Crippen molar-refractivity contribution in [1.82, 2.24) is 40.1 Å². The molecule has 6 heterocycles. The van der Waals surface area contributed by atoms with Gasteiger partial charge in [-0.1, -0.05) is 17.9 Å². The van der Waals surface area contributed by atoms with E-state index in [4.69, 9.17) is 0 Å². The standard InChI is InChI=1S/C40H32F3N9O5/c1-50-36(44-18-45-50)33-34(46-28-16-23(41)15-24-32(28)35(33)48-49-37(24)54)22-4-5-26(42)21(14-22)3-2-19-8-10-51(11-9-19)17-20-12-25-31(27(43)13-20)40(57)52(39(25)56)29-6-7-30(53)47-38(29)55/h4-5,12-16,18-19,29,33-34,46H,6-11,17H2,1H3,(H,49,54)(H,47,53,55)/t29?,33-,34-/m1/s1. The van der Waals surface area contributed by atoms with Gasteiger partial charge in [-0.15, -0.1) is 0 Å². The molecular weight excluding hydrogens is 743 g/mol. The first-order valence-electron chi connectivity index (χ1n) is 18.3. The van der Waals surface area contributed by atoms with Crippen molar-refractivity contribution in [2.45, 2.75) is 50.2 Å². The van der Waals surface area contributed by atoms with Gasteiger partial charge in [0.25, 0.3) is 17.4 Å². The second-order valence-electron chi connectivity index (χ2n) is 14.7. The Morgan fingerprint density at radius 1 is 0.930 bits per heavy atom. The van der Waals surface area contributed by atoms with E-state index in [1.165, 1.54) is 30.6 Å². The number of aromatic amines is 1. The van der Waals surface area contributed by atoms with Crippen molar-refractivity contribution in [3.05, 3.63) is 116 Å². The van der Waals surface area contributed by atoms with Crippen LogP contribution in [0.1, 0.15) is 86.6 Å². The Morgan fingerprint density at radius 2 is 1.74 bits per heavy atom. The second kappa shape index (κ2) is 13.8. The summed E-state index contributed by atoms with van der Waals surface area (Å²) in [4.78, 5) is 70.3. The van der Waals surface area contributed by atoms with Crippen LogP contribution in [0.3, 0.4) is 0 Å². The summed E-state index contributed by atoms with van der Waals surface area (Å²) in [7, 11) is 1.72. The zero-order chi connectivity index (χ0) is 39.7. The van der Waals surface area contributed by atoms with Gasteiger partial charge in [-0.05, 0) is 79.9 Å². The van der Waals surface area contributed by atoms with Gasteiger partial charge in [0, 0.05) is 37.0 Å². The van der Waals surface area contributed by atoms with Gasteiger partial charge < -0.3 is 5.32 Å². The number of H-pyrrole nitrogens is 1. The number of carbonyl (C=O) groups excluding carboxylic acids is 4. The highest BCUT2D eigenvalue weighted by atomic mass is 19.1. The van der Waals surface area contributed by atoms with Crippen LogP contribution in [0.25, 0.3) is 10.8 Å². The first kappa shape index (κ1) is 36.0. The number of halogens is 3. The van der Waals surface area contributed by atoms with Crippen molar-refractivity contribution in [3.63, 3.8) is 0 Å². The number of hydrogen-bond acceptors (Lipinski definition) is 10. The van der Waals surface area contributed by atoms with E-state index in [1.807, 2.05) is 0 Å². The maximum absolute atomic E-state index is 15.3. The minimum Gasteiger partial charge on any atom is -0.376 e. The van der Waals surface area contributed by atoms with Crippen LogP contribution in [0.4, 0.5) is 18.9 Å². The Hall–Kier alpha value is -6.67. The predicted molar refractivity (Wildman–Crippen MR) is 196 cm³/mol. The largest absolute Gasteiger partial charge is 0.376 e. The molecule has 4 amide bonds. The molecule has 0 spiro atoms. The zero-order valence-electron chi connectivity index (χ0n) is 30.2. The fourth-order valence-corrected chi connectivity index (χ4v) is 8.37. The molecule has 4 aliphatic rings. The molecule has 2 aromatic heterocycles. The van der Waals surface area contributed by atoms with Crippen LogP contribution in [0.15, 0.2) is 53.6 Å². The molecule has 0 saturated carbocycles. The normalized spacial score (nSPS) is 21.0. The van der Waals surface area contributed by atoms with Crippen molar-refractivity contribution >= 4 is 40.1 Å². The van der Waals surface area contributed by atoms with Crippen molar-refractivity contribution in [3.8, 4) is 11.8 Å². The minimum absolute atomic E-state index is 0.0291. The number of fused-ring (bicyclic) bond motifs is 1. The molecule has 5 aromatic rings. The SMILES string of the molecule is Cn1ncnc1[C@H]1c2n[nH]c(=O)c3cc(F)cc(c23)N[C@@H]1c1ccc(F)c(C#CC2CCN(Cc3cc(F)c4c(c3)C(=O)N(C3CCC(=O)NC3=O)C4=O)CC2)c1. The smallest absolute Gasteiger partial charge is 0.272 e. The van der Waals surface area contributed by atoms with Crippen LogP contribution < -0.4 is 16.2 Å². The zero-order valence-corrected chi connectivity index (χ0v) is 30.2. The van der Waals surface area contributed by atoms with Gasteiger partial charge in [-0.3, -0.25) is 43.8 Å². The third-order valence-electron chi connectivity index (χ3n) is 11.2. The van der Waals surface area contributed by atoms with E-state index in [-0.39, 0.29) is 40.8 Å². The molecule has 17 heteroatoms. The topological polar surface area (TPSA) is 175 Å². The number of imide groups is 2. The van der Waals surface area contributed by atoms with Crippen LogP contribution in [0.5, 0.6) is 0 Å². The maximum Gasteiger partial charge on any atom is 0.272 e. The average molecular weight is 776 g/mol. The summed E-state index contributed by atoms with van der Waals surface area (Å²) >= 11 is 0.